The number of allylic oxidation sites excluding steroid dienone is 5. The summed E-state index contributed by atoms with van der Waals surface area (Å²) < 4.78 is 0. The van der Waals surface area contributed by atoms with Gasteiger partial charge in [-0.3, -0.25) is 0 Å². The van der Waals surface area contributed by atoms with Crippen molar-refractivity contribution in [3.05, 3.63) is 35.1 Å². The predicted octanol–water partition coefficient (Wildman–Crippen LogP) is 7.61. The Balaban J connectivity index is 1.60. The summed E-state index contributed by atoms with van der Waals surface area (Å²) in [5.74, 6) is 3.46. The van der Waals surface area contributed by atoms with Gasteiger partial charge in [-0.2, -0.15) is 0 Å². The Hall–Kier alpha value is -1.02. The molecule has 0 aliphatic heterocycles. The summed E-state index contributed by atoms with van der Waals surface area (Å²) in [4.78, 5) is 0. The Labute approximate surface area is 190 Å². The molecule has 4 rings (SSSR count). The van der Waals surface area contributed by atoms with Gasteiger partial charge >= 0.3 is 0 Å². The van der Waals surface area contributed by atoms with E-state index < -0.39 is 0 Å². The quantitative estimate of drug-likeness (QED) is 0.454. The minimum absolute atomic E-state index is 0.121. The molecule has 4 aliphatic carbocycles. The summed E-state index contributed by atoms with van der Waals surface area (Å²) in [6.45, 7) is 16.3. The van der Waals surface area contributed by atoms with Crippen LogP contribution in [0.3, 0.4) is 0 Å². The Bertz CT molecular complexity index is 800. The van der Waals surface area contributed by atoms with Crippen LogP contribution in [0.2, 0.25) is 0 Å². The van der Waals surface area contributed by atoms with Gasteiger partial charge in [-0.25, -0.2) is 0 Å². The van der Waals surface area contributed by atoms with Gasteiger partial charge in [0.1, 0.15) is 0 Å². The Morgan fingerprint density at radius 2 is 1.74 bits per heavy atom. The molecule has 0 amide bonds. The van der Waals surface area contributed by atoms with Crippen molar-refractivity contribution in [1.82, 2.24) is 0 Å². The van der Waals surface area contributed by atoms with Gasteiger partial charge in [0.2, 0.25) is 0 Å². The summed E-state index contributed by atoms with van der Waals surface area (Å²) in [7, 11) is 0. The second kappa shape index (κ2) is 7.79. The summed E-state index contributed by atoms with van der Waals surface area (Å²) in [5.41, 5.74) is 3.63. The number of rotatable bonds is 4. The smallest absolute Gasteiger partial charge is 0.0888 e. The van der Waals surface area contributed by atoms with Crippen molar-refractivity contribution < 1.29 is 10.2 Å². The number of hydrogen-bond donors (Lipinski definition) is 2. The van der Waals surface area contributed by atoms with Crippen LogP contribution in [0.5, 0.6) is 0 Å². The highest BCUT2D eigenvalue weighted by molar-refractivity contribution is 5.42. The first kappa shape index (κ1) is 23.1. The molecular formula is C29H46O2. The first-order chi connectivity index (χ1) is 14.4. The molecule has 0 aromatic rings. The first-order valence-corrected chi connectivity index (χ1v) is 12.9. The van der Waals surface area contributed by atoms with Crippen molar-refractivity contribution in [2.24, 2.45) is 45.8 Å². The topological polar surface area (TPSA) is 40.5 Å². The van der Waals surface area contributed by atoms with Gasteiger partial charge in [-0.15, -0.1) is 0 Å². The normalized spacial score (nSPS) is 42.9. The molecule has 174 valence electrons. The molecular weight excluding hydrogens is 380 g/mol. The molecule has 0 saturated heterocycles. The van der Waals surface area contributed by atoms with Crippen molar-refractivity contribution in [2.75, 3.05) is 0 Å². The Morgan fingerprint density at radius 3 is 2.42 bits per heavy atom. The third kappa shape index (κ3) is 3.47. The largest absolute Gasteiger partial charge is 0.513 e. The molecule has 31 heavy (non-hydrogen) atoms. The lowest BCUT2D eigenvalue weighted by molar-refractivity contribution is -0.0550. The monoisotopic (exact) mass is 426 g/mol. The SMILES string of the molecule is CC(C)/C=C(/O)C[C@@H](C)[C@H]1CC[C@@]2(C)[C@@H]3C=CC4=C(CC[C@H](O)C4(C)C)[C@H]3CC[C@]12C. The molecule has 4 aliphatic rings. The fourth-order valence-electron chi connectivity index (χ4n) is 8.44. The van der Waals surface area contributed by atoms with Crippen LogP contribution in [0.25, 0.3) is 0 Å². The fraction of sp³-hybridized carbons (Fsp3) is 0.793. The zero-order chi connectivity index (χ0) is 22.8. The summed E-state index contributed by atoms with van der Waals surface area (Å²) >= 11 is 0. The molecule has 0 bridgehead atoms. The van der Waals surface area contributed by atoms with E-state index >= 15 is 0 Å². The van der Waals surface area contributed by atoms with Crippen molar-refractivity contribution >= 4 is 0 Å². The van der Waals surface area contributed by atoms with Gasteiger partial charge in [0.25, 0.3) is 0 Å². The molecule has 0 aromatic carbocycles. The van der Waals surface area contributed by atoms with Gasteiger partial charge in [0.05, 0.1) is 11.9 Å². The van der Waals surface area contributed by atoms with E-state index in [4.69, 9.17) is 0 Å². The third-order valence-corrected chi connectivity index (χ3v) is 10.5. The van der Waals surface area contributed by atoms with Crippen molar-refractivity contribution in [3.63, 3.8) is 0 Å². The highest BCUT2D eigenvalue weighted by Gasteiger charge is 2.62. The molecule has 2 N–H and O–H groups in total. The first-order valence-electron chi connectivity index (χ1n) is 12.9. The highest BCUT2D eigenvalue weighted by atomic mass is 16.3. The van der Waals surface area contributed by atoms with Crippen LogP contribution >= 0.6 is 0 Å². The lowest BCUT2D eigenvalue weighted by Crippen LogP contribution is -2.51. The molecule has 0 unspecified atom stereocenters. The van der Waals surface area contributed by atoms with Crippen LogP contribution in [0.1, 0.15) is 93.4 Å². The fourth-order valence-corrected chi connectivity index (χ4v) is 8.44. The van der Waals surface area contributed by atoms with E-state index in [2.05, 4.69) is 60.6 Å². The molecule has 7 atom stereocenters. The highest BCUT2D eigenvalue weighted by Crippen LogP contribution is 2.70. The predicted molar refractivity (Wildman–Crippen MR) is 130 cm³/mol. The average molecular weight is 427 g/mol. The van der Waals surface area contributed by atoms with Crippen LogP contribution in [-0.4, -0.2) is 16.3 Å². The maximum atomic E-state index is 10.6. The summed E-state index contributed by atoms with van der Waals surface area (Å²) in [5, 5.41) is 21.1. The minimum Gasteiger partial charge on any atom is -0.513 e. The molecule has 2 nitrogen and oxygen atoms in total. The Kier molecular flexibility index (Phi) is 5.81. The van der Waals surface area contributed by atoms with Crippen molar-refractivity contribution in [2.45, 2.75) is 99.5 Å². The van der Waals surface area contributed by atoms with Gasteiger partial charge < -0.3 is 10.2 Å². The number of aliphatic hydroxyl groups is 2. The minimum atomic E-state index is -0.222. The second-order valence-corrected chi connectivity index (χ2v) is 12.8. The lowest BCUT2D eigenvalue weighted by Gasteiger charge is -2.58. The molecule has 0 spiro atoms. The van der Waals surface area contributed by atoms with Gasteiger partial charge in [0, 0.05) is 11.8 Å². The zero-order valence-electron chi connectivity index (χ0n) is 21.0. The molecule has 2 fully saturated rings. The molecule has 2 saturated carbocycles. The maximum absolute atomic E-state index is 10.6. The Morgan fingerprint density at radius 1 is 1.06 bits per heavy atom. The van der Waals surface area contributed by atoms with E-state index in [1.54, 1.807) is 5.57 Å². The molecule has 0 radical (unpaired) electrons. The van der Waals surface area contributed by atoms with Gasteiger partial charge in [-0.05, 0) is 90.6 Å². The van der Waals surface area contributed by atoms with E-state index in [0.29, 0.717) is 46.2 Å². The van der Waals surface area contributed by atoms with Crippen molar-refractivity contribution in [1.29, 1.82) is 0 Å². The van der Waals surface area contributed by atoms with E-state index in [1.807, 2.05) is 6.08 Å². The van der Waals surface area contributed by atoms with Crippen LogP contribution < -0.4 is 0 Å². The third-order valence-electron chi connectivity index (χ3n) is 10.5. The van der Waals surface area contributed by atoms with Crippen LogP contribution in [0.4, 0.5) is 0 Å². The van der Waals surface area contributed by atoms with Crippen LogP contribution in [0, 0.1) is 45.8 Å². The van der Waals surface area contributed by atoms with E-state index in [9.17, 15) is 10.2 Å². The second-order valence-electron chi connectivity index (χ2n) is 12.8. The van der Waals surface area contributed by atoms with E-state index in [0.717, 1.165) is 19.3 Å². The zero-order valence-corrected chi connectivity index (χ0v) is 21.0. The van der Waals surface area contributed by atoms with E-state index in [1.165, 1.54) is 31.3 Å². The maximum Gasteiger partial charge on any atom is 0.0888 e. The molecule has 0 heterocycles. The van der Waals surface area contributed by atoms with Crippen LogP contribution in [0.15, 0.2) is 35.1 Å². The average Bonchev–Trinajstić information content (AvgIpc) is 2.95. The van der Waals surface area contributed by atoms with Crippen molar-refractivity contribution in [3.8, 4) is 0 Å². The number of hydrogen-bond acceptors (Lipinski definition) is 2. The standard InChI is InChI=1S/C29H46O2/c1-18(2)16-20(30)17-19(3)23-13-15-29(7)25-10-9-24-21(8-11-26(31)27(24,4)5)22(25)12-14-28(23,29)6/h9-10,16,18-19,22-23,25-26,30-31H,8,11-15,17H2,1-7H3/b20-16+/t19-,22-,23-,25-,26+,28-,29+/m1/s1. The number of aliphatic hydroxyl groups excluding tert-OH is 2. The van der Waals surface area contributed by atoms with Crippen LogP contribution in [-0.2, 0) is 0 Å². The van der Waals surface area contributed by atoms with Gasteiger partial charge in [-0.1, -0.05) is 66.2 Å². The molecule has 2 heteroatoms. The summed E-state index contributed by atoms with van der Waals surface area (Å²) in [6, 6.07) is 0. The lowest BCUT2D eigenvalue weighted by atomic mass is 9.46. The number of fused-ring (bicyclic) bond motifs is 4. The van der Waals surface area contributed by atoms with Gasteiger partial charge in [0.15, 0.2) is 0 Å². The van der Waals surface area contributed by atoms with E-state index in [-0.39, 0.29) is 11.5 Å². The summed E-state index contributed by atoms with van der Waals surface area (Å²) in [6.07, 6.45) is 14.7. The molecule has 0 aromatic heterocycles.